The molecule has 0 radical (unpaired) electrons. The first-order valence-corrected chi connectivity index (χ1v) is 3.71. The SMILES string of the molecule is CC#CC(=O)Nc1ccc(F)cc1. The number of hydrogen-bond acceptors (Lipinski definition) is 1. The van der Waals surface area contributed by atoms with Gasteiger partial charge >= 0.3 is 0 Å². The van der Waals surface area contributed by atoms with Gasteiger partial charge in [0.2, 0.25) is 0 Å². The lowest BCUT2D eigenvalue weighted by Crippen LogP contribution is -2.07. The number of carbonyl (C=O) groups is 1. The van der Waals surface area contributed by atoms with Crippen LogP contribution < -0.4 is 5.32 Å². The Kier molecular flexibility index (Phi) is 3.04. The van der Waals surface area contributed by atoms with Gasteiger partial charge in [-0.25, -0.2) is 4.39 Å². The van der Waals surface area contributed by atoms with Crippen molar-refractivity contribution in [3.8, 4) is 11.8 Å². The highest BCUT2D eigenvalue weighted by atomic mass is 19.1. The molecule has 0 bridgehead atoms. The Labute approximate surface area is 75.8 Å². The maximum Gasteiger partial charge on any atom is 0.300 e. The molecule has 3 heteroatoms. The van der Waals surface area contributed by atoms with Crippen LogP contribution in [0.15, 0.2) is 24.3 Å². The minimum atomic E-state index is -0.394. The molecule has 0 unspecified atom stereocenters. The average molecular weight is 177 g/mol. The quantitative estimate of drug-likeness (QED) is 0.651. The zero-order valence-electron chi connectivity index (χ0n) is 7.10. The van der Waals surface area contributed by atoms with Gasteiger partial charge in [-0.1, -0.05) is 5.92 Å². The van der Waals surface area contributed by atoms with E-state index in [-0.39, 0.29) is 5.82 Å². The second-order valence-corrected chi connectivity index (χ2v) is 2.34. The van der Waals surface area contributed by atoms with Crippen molar-refractivity contribution in [2.75, 3.05) is 5.32 Å². The predicted molar refractivity (Wildman–Crippen MR) is 48.5 cm³/mol. The lowest BCUT2D eigenvalue weighted by atomic mass is 10.3. The summed E-state index contributed by atoms with van der Waals surface area (Å²) in [6.45, 7) is 1.57. The Morgan fingerprint density at radius 1 is 1.38 bits per heavy atom. The fraction of sp³-hybridized carbons (Fsp3) is 0.100. The van der Waals surface area contributed by atoms with E-state index in [0.29, 0.717) is 5.69 Å². The van der Waals surface area contributed by atoms with Crippen LogP contribution in [0.2, 0.25) is 0 Å². The Hall–Kier alpha value is -1.82. The van der Waals surface area contributed by atoms with Gasteiger partial charge in [0.25, 0.3) is 5.91 Å². The molecule has 0 atom stereocenters. The van der Waals surface area contributed by atoms with Crippen molar-refractivity contribution in [2.45, 2.75) is 6.92 Å². The number of benzene rings is 1. The maximum atomic E-state index is 12.4. The third-order valence-electron chi connectivity index (χ3n) is 1.34. The van der Waals surface area contributed by atoms with Crippen molar-refractivity contribution in [1.82, 2.24) is 0 Å². The summed E-state index contributed by atoms with van der Waals surface area (Å²) in [7, 11) is 0. The molecule has 0 saturated heterocycles. The highest BCUT2D eigenvalue weighted by Crippen LogP contribution is 2.07. The summed E-state index contributed by atoms with van der Waals surface area (Å²) in [5, 5.41) is 2.49. The van der Waals surface area contributed by atoms with Gasteiger partial charge in [0.1, 0.15) is 5.82 Å². The molecule has 0 aliphatic rings. The molecule has 0 fully saturated rings. The van der Waals surface area contributed by atoms with Gasteiger partial charge < -0.3 is 5.32 Å². The van der Waals surface area contributed by atoms with Gasteiger partial charge in [-0.05, 0) is 37.1 Å². The Morgan fingerprint density at radius 3 is 2.54 bits per heavy atom. The molecule has 1 aromatic carbocycles. The number of anilines is 1. The van der Waals surface area contributed by atoms with Gasteiger partial charge in [-0.2, -0.15) is 0 Å². The van der Waals surface area contributed by atoms with E-state index in [1.54, 1.807) is 6.92 Å². The highest BCUT2D eigenvalue weighted by molar-refractivity contribution is 6.03. The summed E-state index contributed by atoms with van der Waals surface area (Å²) in [5.74, 6) is 4.05. The van der Waals surface area contributed by atoms with Crippen molar-refractivity contribution < 1.29 is 9.18 Å². The van der Waals surface area contributed by atoms with E-state index in [9.17, 15) is 9.18 Å². The van der Waals surface area contributed by atoms with E-state index in [1.165, 1.54) is 24.3 Å². The molecule has 66 valence electrons. The normalized spacial score (nSPS) is 8.46. The van der Waals surface area contributed by atoms with Crippen molar-refractivity contribution in [3.63, 3.8) is 0 Å². The van der Waals surface area contributed by atoms with Gasteiger partial charge in [0.05, 0.1) is 0 Å². The molecule has 0 aliphatic heterocycles. The van der Waals surface area contributed by atoms with Crippen LogP contribution in [0.1, 0.15) is 6.92 Å². The first kappa shape index (κ1) is 9.27. The lowest BCUT2D eigenvalue weighted by molar-refractivity contribution is -0.111. The van der Waals surface area contributed by atoms with Crippen LogP contribution in [0.4, 0.5) is 10.1 Å². The second kappa shape index (κ2) is 4.27. The molecule has 1 N–H and O–H groups in total. The number of amides is 1. The summed E-state index contributed by atoms with van der Waals surface area (Å²) in [4.78, 5) is 10.9. The van der Waals surface area contributed by atoms with Crippen LogP contribution in [0.5, 0.6) is 0 Å². The lowest BCUT2D eigenvalue weighted by Gasteiger charge is -1.98. The van der Waals surface area contributed by atoms with E-state index in [0.717, 1.165) is 0 Å². The Morgan fingerprint density at radius 2 is 2.00 bits per heavy atom. The number of halogens is 1. The standard InChI is InChI=1S/C10H8FNO/c1-2-3-10(13)12-9-6-4-8(11)5-7-9/h4-7H,1H3,(H,12,13). The average Bonchev–Trinajstić information content (AvgIpc) is 2.09. The van der Waals surface area contributed by atoms with E-state index in [4.69, 9.17) is 0 Å². The highest BCUT2D eigenvalue weighted by Gasteiger charge is 1.96. The van der Waals surface area contributed by atoms with Crippen molar-refractivity contribution in [2.24, 2.45) is 0 Å². The zero-order chi connectivity index (χ0) is 9.68. The van der Waals surface area contributed by atoms with Gasteiger partial charge in [0.15, 0.2) is 0 Å². The topological polar surface area (TPSA) is 29.1 Å². The molecular formula is C10H8FNO. The minimum absolute atomic E-state index is 0.334. The van der Waals surface area contributed by atoms with E-state index in [2.05, 4.69) is 17.2 Å². The van der Waals surface area contributed by atoms with E-state index < -0.39 is 5.91 Å². The molecule has 0 spiro atoms. The summed E-state index contributed by atoms with van der Waals surface area (Å²) in [5.41, 5.74) is 0.536. The van der Waals surface area contributed by atoms with Gasteiger partial charge in [0, 0.05) is 5.69 Å². The van der Waals surface area contributed by atoms with Gasteiger partial charge in [-0.3, -0.25) is 4.79 Å². The summed E-state index contributed by atoms with van der Waals surface area (Å²) in [6, 6.07) is 5.50. The fourth-order valence-corrected chi connectivity index (χ4v) is 0.809. The molecule has 0 saturated carbocycles. The number of rotatable bonds is 1. The monoisotopic (exact) mass is 177 g/mol. The number of hydrogen-bond donors (Lipinski definition) is 1. The number of nitrogens with one attached hydrogen (secondary N) is 1. The van der Waals surface area contributed by atoms with Crippen LogP contribution >= 0.6 is 0 Å². The van der Waals surface area contributed by atoms with Crippen LogP contribution in [-0.4, -0.2) is 5.91 Å². The van der Waals surface area contributed by atoms with E-state index in [1.807, 2.05) is 0 Å². The molecule has 0 aliphatic carbocycles. The molecule has 0 aromatic heterocycles. The largest absolute Gasteiger partial charge is 0.315 e. The van der Waals surface area contributed by atoms with Crippen LogP contribution in [-0.2, 0) is 4.79 Å². The molecular weight excluding hydrogens is 169 g/mol. The van der Waals surface area contributed by atoms with Crippen LogP contribution in [0.3, 0.4) is 0 Å². The zero-order valence-corrected chi connectivity index (χ0v) is 7.10. The summed E-state index contributed by atoms with van der Waals surface area (Å²) >= 11 is 0. The first-order valence-electron chi connectivity index (χ1n) is 3.71. The Bertz CT molecular complexity index is 359. The Balaban J connectivity index is 2.68. The molecule has 1 aromatic rings. The molecule has 2 nitrogen and oxygen atoms in total. The summed E-state index contributed by atoms with van der Waals surface area (Å²) < 4.78 is 12.4. The van der Waals surface area contributed by atoms with Crippen molar-refractivity contribution in [3.05, 3.63) is 30.1 Å². The van der Waals surface area contributed by atoms with E-state index >= 15 is 0 Å². The van der Waals surface area contributed by atoms with Crippen molar-refractivity contribution >= 4 is 11.6 Å². The second-order valence-electron chi connectivity index (χ2n) is 2.34. The summed E-state index contributed by atoms with van der Waals surface area (Å²) in [6.07, 6.45) is 0. The van der Waals surface area contributed by atoms with Crippen LogP contribution in [0.25, 0.3) is 0 Å². The first-order chi connectivity index (χ1) is 6.22. The molecule has 1 amide bonds. The third-order valence-corrected chi connectivity index (χ3v) is 1.34. The minimum Gasteiger partial charge on any atom is -0.315 e. The maximum absolute atomic E-state index is 12.4. The van der Waals surface area contributed by atoms with Crippen LogP contribution in [0, 0.1) is 17.7 Å². The fourth-order valence-electron chi connectivity index (χ4n) is 0.809. The molecule has 0 heterocycles. The smallest absolute Gasteiger partial charge is 0.300 e. The molecule has 13 heavy (non-hydrogen) atoms. The predicted octanol–water partition coefficient (Wildman–Crippen LogP) is 1.79. The third kappa shape index (κ3) is 2.96. The van der Waals surface area contributed by atoms with Gasteiger partial charge in [-0.15, -0.1) is 0 Å². The van der Waals surface area contributed by atoms with Crippen molar-refractivity contribution in [1.29, 1.82) is 0 Å². The molecule has 1 rings (SSSR count). The number of carbonyl (C=O) groups excluding carboxylic acids is 1.